The van der Waals surface area contributed by atoms with Crippen molar-refractivity contribution in [3.63, 3.8) is 0 Å². The highest BCUT2D eigenvalue weighted by atomic mass is 32.2. The standard InChI is InChI=1S/C11H16FN3O3S/c1-15(2)19(17,18)14-8-11(16)13-7-9-5-3-4-6-10(9)12/h3-6,14H,7-8H2,1-2H3,(H,13,16). The largest absolute Gasteiger partial charge is 0.351 e. The molecule has 1 aromatic carbocycles. The van der Waals surface area contributed by atoms with Crippen LogP contribution in [-0.2, 0) is 21.5 Å². The molecule has 8 heteroatoms. The molecule has 2 N–H and O–H groups in total. The summed E-state index contributed by atoms with van der Waals surface area (Å²) in [6, 6.07) is 6.03. The lowest BCUT2D eigenvalue weighted by Gasteiger charge is -2.12. The highest BCUT2D eigenvalue weighted by Gasteiger charge is 2.14. The molecule has 0 aromatic heterocycles. The van der Waals surface area contributed by atoms with Crippen LogP contribution in [0.5, 0.6) is 0 Å². The van der Waals surface area contributed by atoms with Crippen molar-refractivity contribution >= 4 is 16.1 Å². The number of hydrogen-bond donors (Lipinski definition) is 2. The lowest BCUT2D eigenvalue weighted by atomic mass is 10.2. The second-order valence-electron chi connectivity index (χ2n) is 3.98. The first-order valence-electron chi connectivity index (χ1n) is 5.50. The van der Waals surface area contributed by atoms with E-state index in [0.717, 1.165) is 4.31 Å². The van der Waals surface area contributed by atoms with Gasteiger partial charge >= 0.3 is 0 Å². The normalized spacial score (nSPS) is 11.6. The topological polar surface area (TPSA) is 78.5 Å². The molecule has 0 fully saturated rings. The van der Waals surface area contributed by atoms with E-state index >= 15 is 0 Å². The maximum absolute atomic E-state index is 13.3. The van der Waals surface area contributed by atoms with Gasteiger partial charge in [0.15, 0.2) is 0 Å². The van der Waals surface area contributed by atoms with Crippen molar-refractivity contribution in [2.45, 2.75) is 6.54 Å². The summed E-state index contributed by atoms with van der Waals surface area (Å²) < 4.78 is 39.0. The fraction of sp³-hybridized carbons (Fsp3) is 0.364. The van der Waals surface area contributed by atoms with Gasteiger partial charge in [-0.15, -0.1) is 0 Å². The Hall–Kier alpha value is -1.51. The summed E-state index contributed by atoms with van der Waals surface area (Å²) in [6.07, 6.45) is 0. The van der Waals surface area contributed by atoms with E-state index in [9.17, 15) is 17.6 Å². The molecule has 0 heterocycles. The van der Waals surface area contributed by atoms with Gasteiger partial charge < -0.3 is 5.32 Å². The zero-order chi connectivity index (χ0) is 14.5. The van der Waals surface area contributed by atoms with Gasteiger partial charge in [0, 0.05) is 26.2 Å². The Bertz CT molecular complexity index is 546. The summed E-state index contributed by atoms with van der Waals surface area (Å²) in [7, 11) is -0.942. The van der Waals surface area contributed by atoms with Crippen LogP contribution in [0.3, 0.4) is 0 Å². The average molecular weight is 289 g/mol. The lowest BCUT2D eigenvalue weighted by molar-refractivity contribution is -0.120. The van der Waals surface area contributed by atoms with Crippen LogP contribution >= 0.6 is 0 Å². The maximum atomic E-state index is 13.3. The summed E-state index contributed by atoms with van der Waals surface area (Å²) >= 11 is 0. The van der Waals surface area contributed by atoms with Crippen LogP contribution in [0.4, 0.5) is 4.39 Å². The Labute approximate surface area is 111 Å². The molecule has 1 aromatic rings. The second-order valence-corrected chi connectivity index (χ2v) is 5.95. The highest BCUT2D eigenvalue weighted by molar-refractivity contribution is 7.87. The molecule has 0 spiro atoms. The van der Waals surface area contributed by atoms with Crippen LogP contribution in [0.15, 0.2) is 24.3 Å². The van der Waals surface area contributed by atoms with Gasteiger partial charge in [0.25, 0.3) is 10.2 Å². The van der Waals surface area contributed by atoms with Crippen LogP contribution in [0, 0.1) is 5.82 Å². The van der Waals surface area contributed by atoms with Gasteiger partial charge in [-0.3, -0.25) is 4.79 Å². The summed E-state index contributed by atoms with van der Waals surface area (Å²) in [5, 5.41) is 2.43. The predicted octanol–water partition coefficient (Wildman–Crippen LogP) is -0.162. The zero-order valence-electron chi connectivity index (χ0n) is 10.7. The third-order valence-electron chi connectivity index (χ3n) is 2.33. The predicted molar refractivity (Wildman–Crippen MR) is 68.9 cm³/mol. The monoisotopic (exact) mass is 289 g/mol. The first-order valence-corrected chi connectivity index (χ1v) is 6.94. The molecule has 6 nitrogen and oxygen atoms in total. The SMILES string of the molecule is CN(C)S(=O)(=O)NCC(=O)NCc1ccccc1F. The number of rotatable bonds is 6. The van der Waals surface area contributed by atoms with E-state index in [1.807, 2.05) is 0 Å². The van der Waals surface area contributed by atoms with Gasteiger partial charge in [-0.05, 0) is 6.07 Å². The Balaban J connectivity index is 2.43. The van der Waals surface area contributed by atoms with Gasteiger partial charge in [0.05, 0.1) is 6.54 Å². The van der Waals surface area contributed by atoms with E-state index in [2.05, 4.69) is 10.0 Å². The van der Waals surface area contributed by atoms with Crippen molar-refractivity contribution in [1.82, 2.24) is 14.3 Å². The summed E-state index contributed by atoms with van der Waals surface area (Å²) in [5.74, 6) is -0.953. The average Bonchev–Trinajstić information content (AvgIpc) is 2.35. The number of hydrogen-bond acceptors (Lipinski definition) is 3. The summed E-state index contributed by atoms with van der Waals surface area (Å²) in [5.41, 5.74) is 0.339. The summed E-state index contributed by atoms with van der Waals surface area (Å²) in [4.78, 5) is 11.4. The Morgan fingerprint density at radius 3 is 2.53 bits per heavy atom. The molecule has 0 bridgehead atoms. The molecule has 0 aliphatic heterocycles. The Morgan fingerprint density at radius 1 is 1.32 bits per heavy atom. The van der Waals surface area contributed by atoms with Crippen molar-refractivity contribution < 1.29 is 17.6 Å². The van der Waals surface area contributed by atoms with Crippen LogP contribution in [0.1, 0.15) is 5.56 Å². The third kappa shape index (κ3) is 4.93. The molecule has 0 saturated carbocycles. The molecule has 1 amide bonds. The molecular formula is C11H16FN3O3S. The molecule has 0 atom stereocenters. The maximum Gasteiger partial charge on any atom is 0.279 e. The molecular weight excluding hydrogens is 273 g/mol. The summed E-state index contributed by atoms with van der Waals surface area (Å²) in [6.45, 7) is -0.385. The van der Waals surface area contributed by atoms with E-state index in [4.69, 9.17) is 0 Å². The minimum Gasteiger partial charge on any atom is -0.351 e. The van der Waals surface area contributed by atoms with Gasteiger partial charge in [0.1, 0.15) is 5.82 Å². The highest BCUT2D eigenvalue weighted by Crippen LogP contribution is 2.05. The minimum atomic E-state index is -3.64. The van der Waals surface area contributed by atoms with Gasteiger partial charge in [-0.1, -0.05) is 18.2 Å². The van der Waals surface area contributed by atoms with Gasteiger partial charge in [0.2, 0.25) is 5.91 Å². The molecule has 0 aliphatic carbocycles. The number of nitrogens with zero attached hydrogens (tertiary/aromatic N) is 1. The van der Waals surface area contributed by atoms with Gasteiger partial charge in [-0.2, -0.15) is 17.4 Å². The van der Waals surface area contributed by atoms with E-state index in [1.54, 1.807) is 18.2 Å². The van der Waals surface area contributed by atoms with Crippen LogP contribution < -0.4 is 10.0 Å². The second kappa shape index (κ2) is 6.60. The number of carbonyl (C=O) groups excluding carboxylic acids is 1. The number of halogens is 1. The number of amides is 1. The Morgan fingerprint density at radius 2 is 1.95 bits per heavy atom. The van der Waals surface area contributed by atoms with Crippen LogP contribution in [0.25, 0.3) is 0 Å². The number of benzene rings is 1. The van der Waals surface area contributed by atoms with E-state index in [1.165, 1.54) is 20.2 Å². The number of nitrogens with one attached hydrogen (secondary N) is 2. The van der Waals surface area contributed by atoms with E-state index in [-0.39, 0.29) is 6.54 Å². The van der Waals surface area contributed by atoms with Crippen molar-refractivity contribution in [3.05, 3.63) is 35.6 Å². The fourth-order valence-electron chi connectivity index (χ4n) is 1.18. The zero-order valence-corrected chi connectivity index (χ0v) is 11.5. The molecule has 106 valence electrons. The van der Waals surface area contributed by atoms with Crippen LogP contribution in [0.2, 0.25) is 0 Å². The molecule has 0 unspecified atom stereocenters. The van der Waals surface area contributed by atoms with E-state index < -0.39 is 28.5 Å². The smallest absolute Gasteiger partial charge is 0.279 e. The third-order valence-corrected chi connectivity index (χ3v) is 3.80. The van der Waals surface area contributed by atoms with E-state index in [0.29, 0.717) is 5.56 Å². The van der Waals surface area contributed by atoms with Crippen LogP contribution in [-0.4, -0.2) is 39.3 Å². The first kappa shape index (κ1) is 15.5. The molecule has 1 rings (SSSR count). The van der Waals surface area contributed by atoms with Crippen molar-refractivity contribution in [1.29, 1.82) is 0 Å². The van der Waals surface area contributed by atoms with Gasteiger partial charge in [-0.25, -0.2) is 4.39 Å². The molecule has 0 aliphatic rings. The quantitative estimate of drug-likeness (QED) is 0.763. The van der Waals surface area contributed by atoms with Crippen molar-refractivity contribution in [3.8, 4) is 0 Å². The van der Waals surface area contributed by atoms with Crippen molar-refractivity contribution in [2.24, 2.45) is 0 Å². The minimum absolute atomic E-state index is 0.00913. The molecule has 19 heavy (non-hydrogen) atoms. The molecule has 0 radical (unpaired) electrons. The number of carbonyl (C=O) groups is 1. The van der Waals surface area contributed by atoms with Crippen molar-refractivity contribution in [2.75, 3.05) is 20.6 Å². The lowest BCUT2D eigenvalue weighted by Crippen LogP contribution is -2.41. The fourth-order valence-corrected chi connectivity index (χ4v) is 1.76. The first-order chi connectivity index (χ1) is 8.83. The molecule has 0 saturated heterocycles. The Kier molecular flexibility index (Phi) is 5.40.